The molecule has 0 amide bonds. The third-order valence-corrected chi connectivity index (χ3v) is 6.29. The smallest absolute Gasteiger partial charge is 0.193 e. The van der Waals surface area contributed by atoms with Crippen LogP contribution in [0.3, 0.4) is 0 Å². The van der Waals surface area contributed by atoms with Crippen molar-refractivity contribution in [3.05, 3.63) is 35.6 Å². The van der Waals surface area contributed by atoms with E-state index in [0.717, 1.165) is 84.1 Å². The molecule has 0 unspecified atom stereocenters. The van der Waals surface area contributed by atoms with Crippen molar-refractivity contribution >= 4 is 29.9 Å². The van der Waals surface area contributed by atoms with Crippen molar-refractivity contribution in [2.45, 2.75) is 43.6 Å². The summed E-state index contributed by atoms with van der Waals surface area (Å²) in [5.74, 6) is 0.734. The largest absolute Gasteiger partial charge is 0.385 e. The summed E-state index contributed by atoms with van der Waals surface area (Å²) >= 11 is 0. The van der Waals surface area contributed by atoms with Crippen LogP contribution in [0.1, 0.15) is 37.7 Å². The summed E-state index contributed by atoms with van der Waals surface area (Å²) in [5, 5.41) is 3.61. The van der Waals surface area contributed by atoms with Gasteiger partial charge in [0.2, 0.25) is 0 Å². The topological polar surface area (TPSA) is 55.3 Å². The molecule has 0 saturated carbocycles. The SMILES string of the molecule is CN=C(NCC1(c2ccc(F)cc2)CCOCC1)N1CCC(OCCCOC)CC1.I. The zero-order valence-electron chi connectivity index (χ0n) is 18.8. The fourth-order valence-corrected chi connectivity index (χ4v) is 4.40. The highest BCUT2D eigenvalue weighted by atomic mass is 127. The molecule has 1 aromatic carbocycles. The van der Waals surface area contributed by atoms with Crippen molar-refractivity contribution < 1.29 is 18.6 Å². The lowest BCUT2D eigenvalue weighted by molar-refractivity contribution is 0.00968. The molecule has 8 heteroatoms. The summed E-state index contributed by atoms with van der Waals surface area (Å²) in [4.78, 5) is 6.84. The van der Waals surface area contributed by atoms with Gasteiger partial charge in [-0.05, 0) is 49.8 Å². The summed E-state index contributed by atoms with van der Waals surface area (Å²) in [6.45, 7) is 5.58. The molecular formula is C23H37FIN3O3. The Morgan fingerprint density at radius 2 is 1.87 bits per heavy atom. The number of ether oxygens (including phenoxy) is 3. The van der Waals surface area contributed by atoms with Crippen molar-refractivity contribution in [3.8, 4) is 0 Å². The molecule has 0 bridgehead atoms. The van der Waals surface area contributed by atoms with Gasteiger partial charge in [-0.25, -0.2) is 4.39 Å². The van der Waals surface area contributed by atoms with E-state index in [4.69, 9.17) is 14.2 Å². The number of likely N-dealkylation sites (tertiary alicyclic amines) is 1. The highest BCUT2D eigenvalue weighted by Gasteiger charge is 2.35. The van der Waals surface area contributed by atoms with Crippen LogP contribution in [0.5, 0.6) is 0 Å². The number of hydrogen-bond acceptors (Lipinski definition) is 4. The molecule has 1 aromatic rings. The molecule has 2 saturated heterocycles. The van der Waals surface area contributed by atoms with Gasteiger partial charge in [-0.3, -0.25) is 4.99 Å². The van der Waals surface area contributed by atoms with Gasteiger partial charge >= 0.3 is 0 Å². The second-order valence-electron chi connectivity index (χ2n) is 8.20. The van der Waals surface area contributed by atoms with E-state index in [9.17, 15) is 4.39 Å². The van der Waals surface area contributed by atoms with Crippen LogP contribution in [0.15, 0.2) is 29.3 Å². The lowest BCUT2D eigenvalue weighted by atomic mass is 9.74. The van der Waals surface area contributed by atoms with E-state index in [1.54, 1.807) is 19.2 Å². The number of benzene rings is 1. The van der Waals surface area contributed by atoms with Gasteiger partial charge in [0.1, 0.15) is 5.82 Å². The maximum Gasteiger partial charge on any atom is 0.193 e. The number of aliphatic imine (C=N–C) groups is 1. The molecule has 2 aliphatic rings. The third kappa shape index (κ3) is 7.54. The maximum absolute atomic E-state index is 13.5. The molecule has 6 nitrogen and oxygen atoms in total. The van der Waals surface area contributed by atoms with Crippen LogP contribution in [-0.2, 0) is 19.6 Å². The van der Waals surface area contributed by atoms with E-state index in [1.807, 2.05) is 19.2 Å². The van der Waals surface area contributed by atoms with Crippen molar-refractivity contribution in [2.24, 2.45) is 4.99 Å². The Hall–Kier alpha value is -0.970. The Morgan fingerprint density at radius 1 is 1.19 bits per heavy atom. The fourth-order valence-electron chi connectivity index (χ4n) is 4.40. The maximum atomic E-state index is 13.5. The molecule has 2 fully saturated rings. The van der Waals surface area contributed by atoms with Gasteiger partial charge in [-0.15, -0.1) is 24.0 Å². The fraction of sp³-hybridized carbons (Fsp3) is 0.696. The summed E-state index contributed by atoms with van der Waals surface area (Å²) in [6, 6.07) is 6.94. The van der Waals surface area contributed by atoms with Crippen LogP contribution < -0.4 is 5.32 Å². The Labute approximate surface area is 202 Å². The molecule has 176 valence electrons. The Kier molecular flexibility index (Phi) is 11.5. The van der Waals surface area contributed by atoms with E-state index in [1.165, 1.54) is 5.56 Å². The van der Waals surface area contributed by atoms with Crippen molar-refractivity contribution in [2.75, 3.05) is 60.2 Å². The van der Waals surface area contributed by atoms with E-state index in [2.05, 4.69) is 15.2 Å². The van der Waals surface area contributed by atoms with Crippen LogP contribution in [0.2, 0.25) is 0 Å². The van der Waals surface area contributed by atoms with Crippen molar-refractivity contribution in [1.82, 2.24) is 10.2 Å². The van der Waals surface area contributed by atoms with E-state index >= 15 is 0 Å². The zero-order chi connectivity index (χ0) is 21.2. The van der Waals surface area contributed by atoms with Crippen molar-refractivity contribution in [1.29, 1.82) is 0 Å². The second kappa shape index (κ2) is 13.5. The molecule has 0 aromatic heterocycles. The molecule has 0 aliphatic carbocycles. The number of halogens is 2. The third-order valence-electron chi connectivity index (χ3n) is 6.29. The number of methoxy groups -OCH3 is 1. The van der Waals surface area contributed by atoms with Gasteiger partial charge in [0.05, 0.1) is 6.10 Å². The average Bonchev–Trinajstić information content (AvgIpc) is 2.79. The first-order chi connectivity index (χ1) is 14.7. The zero-order valence-corrected chi connectivity index (χ0v) is 21.1. The summed E-state index contributed by atoms with van der Waals surface area (Å²) < 4.78 is 30.1. The molecule has 2 aliphatic heterocycles. The summed E-state index contributed by atoms with van der Waals surface area (Å²) in [6.07, 6.45) is 5.10. The number of rotatable bonds is 8. The minimum absolute atomic E-state index is 0. The number of guanidine groups is 1. The minimum atomic E-state index is -0.197. The van der Waals surface area contributed by atoms with Crippen LogP contribution in [0.4, 0.5) is 4.39 Å². The van der Waals surface area contributed by atoms with Crippen LogP contribution in [0.25, 0.3) is 0 Å². The average molecular weight is 549 g/mol. The van der Waals surface area contributed by atoms with Gasteiger partial charge in [0.15, 0.2) is 5.96 Å². The first kappa shape index (κ1) is 26.3. The van der Waals surface area contributed by atoms with Gasteiger partial charge in [0.25, 0.3) is 0 Å². The normalized spacial score (nSPS) is 19.7. The first-order valence-electron chi connectivity index (χ1n) is 11.1. The number of piperidine rings is 1. The Bertz CT molecular complexity index is 661. The van der Waals surface area contributed by atoms with E-state index in [-0.39, 0.29) is 35.2 Å². The van der Waals surface area contributed by atoms with Crippen LogP contribution in [-0.4, -0.2) is 77.2 Å². The molecule has 1 N–H and O–H groups in total. The predicted molar refractivity (Wildman–Crippen MR) is 132 cm³/mol. The summed E-state index contributed by atoms with van der Waals surface area (Å²) in [7, 11) is 3.56. The molecule has 2 heterocycles. The lowest BCUT2D eigenvalue weighted by Gasteiger charge is -2.40. The number of nitrogens with zero attached hydrogens (tertiary/aromatic N) is 2. The molecular weight excluding hydrogens is 512 g/mol. The predicted octanol–water partition coefficient (Wildman–Crippen LogP) is 3.58. The standard InChI is InChI=1S/C23H36FN3O3.HI/c1-25-22(27-12-8-21(9-13-27)30-15-3-14-28-2)26-18-23(10-16-29-17-11-23)19-4-6-20(24)7-5-19;/h4-7,21H,3,8-18H2,1-2H3,(H,25,26);1H. The lowest BCUT2D eigenvalue weighted by Crippen LogP contribution is -2.51. The van der Waals surface area contributed by atoms with Crippen molar-refractivity contribution in [3.63, 3.8) is 0 Å². The van der Waals surface area contributed by atoms with Crippen LogP contribution in [0, 0.1) is 5.82 Å². The molecule has 0 radical (unpaired) electrons. The molecule has 0 spiro atoms. The number of hydrogen-bond donors (Lipinski definition) is 1. The Balaban J connectivity index is 0.00000341. The van der Waals surface area contributed by atoms with E-state index < -0.39 is 0 Å². The highest BCUT2D eigenvalue weighted by molar-refractivity contribution is 14.0. The minimum Gasteiger partial charge on any atom is -0.385 e. The highest BCUT2D eigenvalue weighted by Crippen LogP contribution is 2.34. The second-order valence-corrected chi connectivity index (χ2v) is 8.20. The van der Waals surface area contributed by atoms with Crippen LogP contribution >= 0.6 is 24.0 Å². The first-order valence-corrected chi connectivity index (χ1v) is 11.1. The molecule has 0 atom stereocenters. The van der Waals surface area contributed by atoms with Gasteiger partial charge in [-0.2, -0.15) is 0 Å². The molecule has 3 rings (SSSR count). The monoisotopic (exact) mass is 549 g/mol. The van der Waals surface area contributed by atoms with Gasteiger partial charge in [-0.1, -0.05) is 12.1 Å². The number of nitrogens with one attached hydrogen (secondary N) is 1. The molecule has 31 heavy (non-hydrogen) atoms. The quantitative estimate of drug-likeness (QED) is 0.233. The summed E-state index contributed by atoms with van der Waals surface area (Å²) in [5.41, 5.74) is 1.10. The van der Waals surface area contributed by atoms with Gasteiger partial charge < -0.3 is 24.4 Å². The van der Waals surface area contributed by atoms with E-state index in [0.29, 0.717) is 6.10 Å². The Morgan fingerprint density at radius 3 is 2.48 bits per heavy atom. The van der Waals surface area contributed by atoms with Gasteiger partial charge in [0, 0.05) is 65.6 Å².